The molecule has 0 aliphatic heterocycles. The van der Waals surface area contributed by atoms with E-state index in [2.05, 4.69) is 10.6 Å². The van der Waals surface area contributed by atoms with E-state index in [1.54, 1.807) is 26.2 Å². The lowest BCUT2D eigenvalue weighted by Crippen LogP contribution is -2.37. The summed E-state index contributed by atoms with van der Waals surface area (Å²) in [7, 11) is 1.67. The van der Waals surface area contributed by atoms with Gasteiger partial charge in [0.05, 0.1) is 6.04 Å². The number of thiocarbonyl (C=S) groups is 1. The van der Waals surface area contributed by atoms with Gasteiger partial charge in [0.15, 0.2) is 5.11 Å². The van der Waals surface area contributed by atoms with E-state index in [-0.39, 0.29) is 11.9 Å². The highest BCUT2D eigenvalue weighted by molar-refractivity contribution is 7.80. The van der Waals surface area contributed by atoms with Gasteiger partial charge in [-0.3, -0.25) is 0 Å². The van der Waals surface area contributed by atoms with Crippen molar-refractivity contribution < 1.29 is 9.13 Å². The fraction of sp³-hybridized carbons (Fsp3) is 0.500. The van der Waals surface area contributed by atoms with Crippen molar-refractivity contribution in [2.45, 2.75) is 26.3 Å². The Bertz CT molecular complexity index is 426. The molecule has 0 aromatic heterocycles. The molecule has 1 atom stereocenters. The lowest BCUT2D eigenvalue weighted by Gasteiger charge is -2.17. The summed E-state index contributed by atoms with van der Waals surface area (Å²) in [5, 5.41) is 6.80. The number of halogens is 1. The average molecular weight is 284 g/mol. The van der Waals surface area contributed by atoms with Crippen molar-refractivity contribution in [2.75, 3.05) is 20.3 Å². The van der Waals surface area contributed by atoms with Crippen molar-refractivity contribution in [3.8, 4) is 0 Å². The smallest absolute Gasteiger partial charge is 0.166 e. The highest BCUT2D eigenvalue weighted by atomic mass is 32.1. The summed E-state index contributed by atoms with van der Waals surface area (Å²) in [6.07, 6.45) is 0.895. The molecule has 0 heterocycles. The Morgan fingerprint density at radius 3 is 2.84 bits per heavy atom. The number of aryl methyl sites for hydroxylation is 1. The molecule has 5 heteroatoms. The highest BCUT2D eigenvalue weighted by Crippen LogP contribution is 2.16. The number of rotatable bonds is 6. The van der Waals surface area contributed by atoms with E-state index in [1.807, 2.05) is 13.0 Å². The summed E-state index contributed by atoms with van der Waals surface area (Å²) in [5.74, 6) is -0.190. The molecule has 0 bridgehead atoms. The molecule has 0 spiro atoms. The third-order valence-electron chi connectivity index (χ3n) is 2.85. The first-order valence-corrected chi connectivity index (χ1v) is 6.74. The quantitative estimate of drug-likeness (QED) is 0.621. The number of ether oxygens (including phenoxy) is 1. The molecule has 106 valence electrons. The number of nitrogens with one attached hydrogen (secondary N) is 2. The highest BCUT2D eigenvalue weighted by Gasteiger charge is 2.08. The molecule has 0 saturated heterocycles. The first kappa shape index (κ1) is 15.9. The Morgan fingerprint density at radius 2 is 2.21 bits per heavy atom. The van der Waals surface area contributed by atoms with Crippen LogP contribution in [0.5, 0.6) is 0 Å². The average Bonchev–Trinajstić information content (AvgIpc) is 2.38. The van der Waals surface area contributed by atoms with Crippen molar-refractivity contribution in [1.29, 1.82) is 0 Å². The van der Waals surface area contributed by atoms with Crippen molar-refractivity contribution in [3.05, 3.63) is 35.1 Å². The Morgan fingerprint density at radius 1 is 1.47 bits per heavy atom. The second-order valence-corrected chi connectivity index (χ2v) is 4.89. The number of methoxy groups -OCH3 is 1. The Balaban J connectivity index is 2.43. The molecule has 0 aliphatic rings. The van der Waals surface area contributed by atoms with E-state index < -0.39 is 0 Å². The largest absolute Gasteiger partial charge is 0.385 e. The molecule has 3 nitrogen and oxygen atoms in total. The van der Waals surface area contributed by atoms with E-state index >= 15 is 0 Å². The standard InChI is InChI=1S/C14H21FN2OS/c1-10-5-6-12(9-13(10)15)11(2)17-14(19)16-7-4-8-18-3/h5-6,9,11H,4,7-8H2,1-3H3,(H2,16,17,19). The van der Waals surface area contributed by atoms with Gasteiger partial charge in [0, 0.05) is 20.3 Å². The lowest BCUT2D eigenvalue weighted by molar-refractivity contribution is 0.195. The summed E-state index contributed by atoms with van der Waals surface area (Å²) in [5.41, 5.74) is 1.53. The van der Waals surface area contributed by atoms with Crippen LogP contribution in [-0.4, -0.2) is 25.4 Å². The normalized spacial score (nSPS) is 12.0. The van der Waals surface area contributed by atoms with Gasteiger partial charge >= 0.3 is 0 Å². The van der Waals surface area contributed by atoms with Gasteiger partial charge in [-0.1, -0.05) is 12.1 Å². The Labute approximate surface area is 119 Å². The maximum absolute atomic E-state index is 13.5. The molecule has 0 fully saturated rings. The fourth-order valence-electron chi connectivity index (χ4n) is 1.63. The number of benzene rings is 1. The topological polar surface area (TPSA) is 33.3 Å². The molecule has 1 unspecified atom stereocenters. The van der Waals surface area contributed by atoms with Crippen LogP contribution in [0, 0.1) is 12.7 Å². The van der Waals surface area contributed by atoms with Crippen LogP contribution in [0.2, 0.25) is 0 Å². The number of hydrogen-bond acceptors (Lipinski definition) is 2. The molecular weight excluding hydrogens is 263 g/mol. The van der Waals surface area contributed by atoms with Gasteiger partial charge in [-0.2, -0.15) is 0 Å². The van der Waals surface area contributed by atoms with Crippen LogP contribution in [0.4, 0.5) is 4.39 Å². The molecule has 0 saturated carbocycles. The van der Waals surface area contributed by atoms with Crippen molar-refractivity contribution in [3.63, 3.8) is 0 Å². The predicted octanol–water partition coefficient (Wildman–Crippen LogP) is 2.70. The minimum Gasteiger partial charge on any atom is -0.385 e. The van der Waals surface area contributed by atoms with Gasteiger partial charge < -0.3 is 15.4 Å². The molecule has 0 radical (unpaired) electrons. The monoisotopic (exact) mass is 284 g/mol. The van der Waals surface area contributed by atoms with Crippen LogP contribution in [0.1, 0.15) is 30.5 Å². The molecule has 0 aliphatic carbocycles. The predicted molar refractivity (Wildman–Crippen MR) is 79.8 cm³/mol. The van der Waals surface area contributed by atoms with Gasteiger partial charge in [0.1, 0.15) is 5.82 Å². The minimum absolute atomic E-state index is 0.0301. The van der Waals surface area contributed by atoms with E-state index in [1.165, 1.54) is 0 Å². The summed E-state index contributed by atoms with van der Waals surface area (Å²) in [4.78, 5) is 0. The van der Waals surface area contributed by atoms with Gasteiger partial charge in [-0.25, -0.2) is 4.39 Å². The summed E-state index contributed by atoms with van der Waals surface area (Å²) in [6, 6.07) is 5.19. The SMILES string of the molecule is COCCCNC(=S)NC(C)c1ccc(C)c(F)c1. The van der Waals surface area contributed by atoms with Crippen molar-refractivity contribution in [2.24, 2.45) is 0 Å². The maximum atomic E-state index is 13.5. The zero-order valence-electron chi connectivity index (χ0n) is 11.6. The van der Waals surface area contributed by atoms with Gasteiger partial charge in [-0.05, 0) is 49.7 Å². The van der Waals surface area contributed by atoms with Gasteiger partial charge in [0.2, 0.25) is 0 Å². The van der Waals surface area contributed by atoms with E-state index in [9.17, 15) is 4.39 Å². The minimum atomic E-state index is -0.190. The summed E-state index contributed by atoms with van der Waals surface area (Å²) < 4.78 is 18.4. The van der Waals surface area contributed by atoms with Crippen LogP contribution in [0.25, 0.3) is 0 Å². The van der Waals surface area contributed by atoms with Gasteiger partial charge in [-0.15, -0.1) is 0 Å². The van der Waals surface area contributed by atoms with E-state index in [4.69, 9.17) is 17.0 Å². The second kappa shape index (κ2) is 8.07. The summed E-state index contributed by atoms with van der Waals surface area (Å²) >= 11 is 5.18. The van der Waals surface area contributed by atoms with Gasteiger partial charge in [0.25, 0.3) is 0 Å². The first-order chi connectivity index (χ1) is 9.04. The zero-order valence-corrected chi connectivity index (χ0v) is 12.4. The van der Waals surface area contributed by atoms with E-state index in [0.29, 0.717) is 17.3 Å². The van der Waals surface area contributed by atoms with Crippen LogP contribution in [-0.2, 0) is 4.74 Å². The molecule has 2 N–H and O–H groups in total. The third kappa shape index (κ3) is 5.53. The fourth-order valence-corrected chi connectivity index (χ4v) is 1.91. The zero-order chi connectivity index (χ0) is 14.3. The number of hydrogen-bond donors (Lipinski definition) is 2. The van der Waals surface area contributed by atoms with Crippen LogP contribution >= 0.6 is 12.2 Å². The lowest BCUT2D eigenvalue weighted by atomic mass is 10.1. The molecule has 1 rings (SSSR count). The Kier molecular flexibility index (Phi) is 6.73. The third-order valence-corrected chi connectivity index (χ3v) is 3.12. The van der Waals surface area contributed by atoms with Crippen molar-refractivity contribution >= 4 is 17.3 Å². The summed E-state index contributed by atoms with van der Waals surface area (Å²) in [6.45, 7) is 5.16. The molecule has 1 aromatic rings. The molecular formula is C14H21FN2OS. The van der Waals surface area contributed by atoms with Crippen molar-refractivity contribution in [1.82, 2.24) is 10.6 Å². The Hall–Kier alpha value is -1.20. The van der Waals surface area contributed by atoms with Crippen LogP contribution < -0.4 is 10.6 Å². The van der Waals surface area contributed by atoms with E-state index in [0.717, 1.165) is 18.5 Å². The molecule has 0 amide bonds. The molecule has 1 aromatic carbocycles. The second-order valence-electron chi connectivity index (χ2n) is 4.48. The molecule has 19 heavy (non-hydrogen) atoms. The van der Waals surface area contributed by atoms with Crippen LogP contribution in [0.15, 0.2) is 18.2 Å². The first-order valence-electron chi connectivity index (χ1n) is 6.34. The maximum Gasteiger partial charge on any atom is 0.166 e. The van der Waals surface area contributed by atoms with Crippen LogP contribution in [0.3, 0.4) is 0 Å².